The summed E-state index contributed by atoms with van der Waals surface area (Å²) in [6, 6.07) is 10.2. The fourth-order valence-electron chi connectivity index (χ4n) is 1.84. The molecule has 1 heterocycles. The SMILES string of the molecule is CC(C)(C)c1nc(CN)cn1-c1ccccc1. The predicted molar refractivity (Wildman–Crippen MR) is 70.2 cm³/mol. The number of benzene rings is 1. The van der Waals surface area contributed by atoms with Crippen molar-refractivity contribution in [1.82, 2.24) is 9.55 Å². The van der Waals surface area contributed by atoms with Crippen molar-refractivity contribution in [3.8, 4) is 5.69 Å². The molecule has 0 spiro atoms. The Labute approximate surface area is 102 Å². The van der Waals surface area contributed by atoms with Gasteiger partial charge in [0.1, 0.15) is 5.82 Å². The third-order valence-electron chi connectivity index (χ3n) is 2.67. The summed E-state index contributed by atoms with van der Waals surface area (Å²) < 4.78 is 2.13. The minimum Gasteiger partial charge on any atom is -0.325 e. The zero-order chi connectivity index (χ0) is 12.5. The van der Waals surface area contributed by atoms with Gasteiger partial charge in [-0.15, -0.1) is 0 Å². The van der Waals surface area contributed by atoms with E-state index in [1.165, 1.54) is 0 Å². The van der Waals surface area contributed by atoms with Crippen LogP contribution in [0.25, 0.3) is 5.69 Å². The maximum Gasteiger partial charge on any atom is 0.119 e. The molecule has 2 aromatic rings. The van der Waals surface area contributed by atoms with E-state index in [1.807, 2.05) is 24.4 Å². The number of nitrogens with two attached hydrogens (primary N) is 1. The van der Waals surface area contributed by atoms with Gasteiger partial charge >= 0.3 is 0 Å². The first-order valence-corrected chi connectivity index (χ1v) is 5.86. The Hall–Kier alpha value is -1.61. The standard InChI is InChI=1S/C14H19N3/c1-14(2,3)13-16-11(9-15)10-17(13)12-7-5-4-6-8-12/h4-8,10H,9,15H2,1-3H3. The molecule has 3 nitrogen and oxygen atoms in total. The maximum atomic E-state index is 5.68. The minimum absolute atomic E-state index is 0.00324. The van der Waals surface area contributed by atoms with Crippen molar-refractivity contribution in [3.63, 3.8) is 0 Å². The summed E-state index contributed by atoms with van der Waals surface area (Å²) >= 11 is 0. The number of aromatic nitrogens is 2. The molecule has 2 rings (SSSR count). The molecule has 1 aromatic heterocycles. The lowest BCUT2D eigenvalue weighted by atomic mass is 9.95. The molecule has 0 atom stereocenters. The molecule has 0 bridgehead atoms. The molecule has 0 aliphatic rings. The van der Waals surface area contributed by atoms with Crippen molar-refractivity contribution in [2.75, 3.05) is 0 Å². The largest absolute Gasteiger partial charge is 0.325 e. The summed E-state index contributed by atoms with van der Waals surface area (Å²) in [7, 11) is 0. The summed E-state index contributed by atoms with van der Waals surface area (Å²) in [6.07, 6.45) is 2.02. The molecule has 0 fully saturated rings. The van der Waals surface area contributed by atoms with Crippen LogP contribution in [-0.2, 0) is 12.0 Å². The third kappa shape index (κ3) is 2.39. The van der Waals surface area contributed by atoms with Gasteiger partial charge in [-0.2, -0.15) is 0 Å². The van der Waals surface area contributed by atoms with Gasteiger partial charge in [-0.25, -0.2) is 4.98 Å². The average Bonchev–Trinajstić information content (AvgIpc) is 2.74. The Morgan fingerprint density at radius 3 is 2.35 bits per heavy atom. The van der Waals surface area contributed by atoms with Crippen LogP contribution in [0.2, 0.25) is 0 Å². The number of para-hydroxylation sites is 1. The molecule has 90 valence electrons. The number of imidazole rings is 1. The molecule has 0 unspecified atom stereocenters. The van der Waals surface area contributed by atoms with E-state index in [2.05, 4.69) is 42.5 Å². The number of hydrogen-bond acceptors (Lipinski definition) is 2. The highest BCUT2D eigenvalue weighted by molar-refractivity contribution is 5.35. The molecular formula is C14H19N3. The van der Waals surface area contributed by atoms with E-state index in [-0.39, 0.29) is 5.41 Å². The highest BCUT2D eigenvalue weighted by Crippen LogP contribution is 2.24. The van der Waals surface area contributed by atoms with Gasteiger partial charge in [0.2, 0.25) is 0 Å². The van der Waals surface area contributed by atoms with Crippen LogP contribution in [-0.4, -0.2) is 9.55 Å². The normalized spacial score (nSPS) is 11.8. The Morgan fingerprint density at radius 1 is 1.18 bits per heavy atom. The Kier molecular flexibility index (Phi) is 3.03. The van der Waals surface area contributed by atoms with Gasteiger partial charge in [0, 0.05) is 23.8 Å². The van der Waals surface area contributed by atoms with Gasteiger partial charge < -0.3 is 10.3 Å². The van der Waals surface area contributed by atoms with E-state index in [9.17, 15) is 0 Å². The predicted octanol–water partition coefficient (Wildman–Crippen LogP) is 2.63. The smallest absolute Gasteiger partial charge is 0.119 e. The highest BCUT2D eigenvalue weighted by Gasteiger charge is 2.21. The van der Waals surface area contributed by atoms with Crippen molar-refractivity contribution < 1.29 is 0 Å². The second kappa shape index (κ2) is 4.34. The number of hydrogen-bond donors (Lipinski definition) is 1. The highest BCUT2D eigenvalue weighted by atomic mass is 15.1. The monoisotopic (exact) mass is 229 g/mol. The molecule has 0 aliphatic carbocycles. The van der Waals surface area contributed by atoms with E-state index in [0.29, 0.717) is 6.54 Å². The zero-order valence-electron chi connectivity index (χ0n) is 10.6. The fraction of sp³-hybridized carbons (Fsp3) is 0.357. The number of nitrogens with zero attached hydrogens (tertiary/aromatic N) is 2. The van der Waals surface area contributed by atoms with Crippen molar-refractivity contribution in [2.24, 2.45) is 5.73 Å². The first-order chi connectivity index (χ1) is 8.02. The molecule has 0 radical (unpaired) electrons. The molecule has 0 aliphatic heterocycles. The lowest BCUT2D eigenvalue weighted by Crippen LogP contribution is -2.18. The fourth-order valence-corrected chi connectivity index (χ4v) is 1.84. The van der Waals surface area contributed by atoms with E-state index in [4.69, 9.17) is 5.73 Å². The number of rotatable bonds is 2. The summed E-state index contributed by atoms with van der Waals surface area (Å²) in [4.78, 5) is 4.61. The van der Waals surface area contributed by atoms with E-state index in [1.54, 1.807) is 0 Å². The van der Waals surface area contributed by atoms with Crippen molar-refractivity contribution in [2.45, 2.75) is 32.7 Å². The van der Waals surface area contributed by atoms with Crippen molar-refractivity contribution >= 4 is 0 Å². The minimum atomic E-state index is 0.00324. The molecule has 0 saturated heterocycles. The second-order valence-electron chi connectivity index (χ2n) is 5.22. The molecule has 1 aromatic carbocycles. The summed E-state index contributed by atoms with van der Waals surface area (Å²) in [5.74, 6) is 1.05. The summed E-state index contributed by atoms with van der Waals surface area (Å²) in [5, 5.41) is 0. The lowest BCUT2D eigenvalue weighted by Gasteiger charge is -2.19. The van der Waals surface area contributed by atoms with Crippen LogP contribution in [0.1, 0.15) is 32.3 Å². The molecule has 3 heteroatoms. The summed E-state index contributed by atoms with van der Waals surface area (Å²) in [6.45, 7) is 6.96. The third-order valence-corrected chi connectivity index (χ3v) is 2.67. The Morgan fingerprint density at radius 2 is 1.82 bits per heavy atom. The molecule has 0 saturated carbocycles. The average molecular weight is 229 g/mol. The van der Waals surface area contributed by atoms with Gasteiger partial charge in [0.05, 0.1) is 5.69 Å². The van der Waals surface area contributed by atoms with Gasteiger partial charge in [-0.1, -0.05) is 39.0 Å². The van der Waals surface area contributed by atoms with Crippen LogP contribution in [0, 0.1) is 0 Å². The van der Waals surface area contributed by atoms with E-state index < -0.39 is 0 Å². The maximum absolute atomic E-state index is 5.68. The van der Waals surface area contributed by atoms with Crippen LogP contribution in [0.5, 0.6) is 0 Å². The van der Waals surface area contributed by atoms with Crippen molar-refractivity contribution in [3.05, 3.63) is 48.0 Å². The van der Waals surface area contributed by atoms with Gasteiger partial charge in [0.15, 0.2) is 0 Å². The molecule has 17 heavy (non-hydrogen) atoms. The second-order valence-corrected chi connectivity index (χ2v) is 5.22. The Balaban J connectivity index is 2.57. The van der Waals surface area contributed by atoms with Crippen LogP contribution in [0.15, 0.2) is 36.5 Å². The van der Waals surface area contributed by atoms with Crippen LogP contribution >= 0.6 is 0 Å². The quantitative estimate of drug-likeness (QED) is 0.860. The van der Waals surface area contributed by atoms with Crippen LogP contribution in [0.3, 0.4) is 0 Å². The van der Waals surface area contributed by atoms with E-state index in [0.717, 1.165) is 17.2 Å². The Bertz CT molecular complexity index is 492. The van der Waals surface area contributed by atoms with Gasteiger partial charge in [-0.3, -0.25) is 0 Å². The van der Waals surface area contributed by atoms with E-state index >= 15 is 0 Å². The summed E-state index contributed by atoms with van der Waals surface area (Å²) in [5.41, 5.74) is 7.74. The van der Waals surface area contributed by atoms with Gasteiger partial charge in [0.25, 0.3) is 0 Å². The zero-order valence-corrected chi connectivity index (χ0v) is 10.6. The molecular weight excluding hydrogens is 210 g/mol. The van der Waals surface area contributed by atoms with Gasteiger partial charge in [-0.05, 0) is 12.1 Å². The van der Waals surface area contributed by atoms with Crippen molar-refractivity contribution in [1.29, 1.82) is 0 Å². The van der Waals surface area contributed by atoms with Crippen LogP contribution < -0.4 is 5.73 Å². The molecule has 0 amide bonds. The first kappa shape index (κ1) is 11.9. The van der Waals surface area contributed by atoms with Crippen LogP contribution in [0.4, 0.5) is 0 Å². The first-order valence-electron chi connectivity index (χ1n) is 5.86. The lowest BCUT2D eigenvalue weighted by molar-refractivity contribution is 0.535. The topological polar surface area (TPSA) is 43.8 Å². The molecule has 2 N–H and O–H groups in total.